The second kappa shape index (κ2) is 3.67. The van der Waals surface area contributed by atoms with Crippen LogP contribution in [0.4, 0.5) is 4.39 Å². The summed E-state index contributed by atoms with van der Waals surface area (Å²) in [6.45, 7) is 3.95. The zero-order valence-corrected chi connectivity index (χ0v) is 8.22. The lowest BCUT2D eigenvalue weighted by molar-refractivity contribution is 0.0323. The molecule has 1 aliphatic heterocycles. The zero-order chi connectivity index (χ0) is 10.0. The van der Waals surface area contributed by atoms with Gasteiger partial charge in [-0.3, -0.25) is 0 Å². The number of hydrogen-bond acceptors (Lipinski definition) is 2. The van der Waals surface area contributed by atoms with Crippen molar-refractivity contribution < 1.29 is 9.13 Å². The lowest BCUT2D eigenvalue weighted by Crippen LogP contribution is -2.49. The molecule has 1 atom stereocenters. The zero-order valence-electron chi connectivity index (χ0n) is 8.22. The molecule has 0 unspecified atom stereocenters. The molecule has 0 aliphatic carbocycles. The van der Waals surface area contributed by atoms with E-state index in [0.717, 1.165) is 6.54 Å². The van der Waals surface area contributed by atoms with Crippen molar-refractivity contribution in [3.8, 4) is 0 Å². The number of morpholine rings is 1. The molecule has 0 amide bonds. The van der Waals surface area contributed by atoms with E-state index < -0.39 is 0 Å². The highest BCUT2D eigenvalue weighted by Gasteiger charge is 2.31. The van der Waals surface area contributed by atoms with Gasteiger partial charge >= 0.3 is 0 Å². The van der Waals surface area contributed by atoms with Crippen molar-refractivity contribution in [2.75, 3.05) is 19.8 Å². The fourth-order valence-electron chi connectivity index (χ4n) is 1.81. The molecule has 0 saturated carbocycles. The molecule has 0 radical (unpaired) electrons. The molecule has 14 heavy (non-hydrogen) atoms. The quantitative estimate of drug-likeness (QED) is 0.735. The molecule has 1 heterocycles. The largest absolute Gasteiger partial charge is 0.378 e. The van der Waals surface area contributed by atoms with Crippen LogP contribution in [-0.4, -0.2) is 19.8 Å². The average Bonchev–Trinajstić information content (AvgIpc) is 2.19. The van der Waals surface area contributed by atoms with Gasteiger partial charge in [-0.2, -0.15) is 0 Å². The van der Waals surface area contributed by atoms with Gasteiger partial charge in [0.1, 0.15) is 5.82 Å². The van der Waals surface area contributed by atoms with E-state index >= 15 is 0 Å². The minimum Gasteiger partial charge on any atom is -0.378 e. The highest BCUT2D eigenvalue weighted by molar-refractivity contribution is 5.26. The van der Waals surface area contributed by atoms with Gasteiger partial charge in [-0.05, 0) is 13.0 Å². The van der Waals surface area contributed by atoms with Crippen molar-refractivity contribution in [2.24, 2.45) is 0 Å². The van der Waals surface area contributed by atoms with Gasteiger partial charge in [-0.25, -0.2) is 4.39 Å². The molecule has 1 aromatic rings. The van der Waals surface area contributed by atoms with E-state index in [0.29, 0.717) is 18.8 Å². The predicted octanol–water partition coefficient (Wildman–Crippen LogP) is 1.66. The van der Waals surface area contributed by atoms with Crippen LogP contribution in [0.2, 0.25) is 0 Å². The van der Waals surface area contributed by atoms with Crippen molar-refractivity contribution in [3.05, 3.63) is 35.6 Å². The fraction of sp³-hybridized carbons (Fsp3) is 0.455. The van der Waals surface area contributed by atoms with Crippen LogP contribution in [0.25, 0.3) is 0 Å². The lowest BCUT2D eigenvalue weighted by atomic mass is 9.91. The number of ether oxygens (including phenoxy) is 1. The van der Waals surface area contributed by atoms with Crippen LogP contribution in [-0.2, 0) is 10.3 Å². The van der Waals surface area contributed by atoms with Gasteiger partial charge in [-0.15, -0.1) is 0 Å². The van der Waals surface area contributed by atoms with Gasteiger partial charge in [0.2, 0.25) is 0 Å². The highest BCUT2D eigenvalue weighted by atomic mass is 19.1. The maximum Gasteiger partial charge on any atom is 0.128 e. The van der Waals surface area contributed by atoms with Crippen molar-refractivity contribution >= 4 is 0 Å². The van der Waals surface area contributed by atoms with E-state index in [2.05, 4.69) is 5.32 Å². The molecular formula is C11H14FNO. The van der Waals surface area contributed by atoms with Crippen LogP contribution < -0.4 is 5.32 Å². The second-order valence-corrected chi connectivity index (χ2v) is 3.79. The van der Waals surface area contributed by atoms with Crippen LogP contribution in [0, 0.1) is 5.82 Å². The molecule has 3 heteroatoms. The summed E-state index contributed by atoms with van der Waals surface area (Å²) in [6, 6.07) is 6.83. The summed E-state index contributed by atoms with van der Waals surface area (Å²) in [6.07, 6.45) is 0. The minimum absolute atomic E-state index is 0.173. The molecule has 0 spiro atoms. The minimum atomic E-state index is -0.385. The van der Waals surface area contributed by atoms with Gasteiger partial charge in [0.25, 0.3) is 0 Å². The van der Waals surface area contributed by atoms with Gasteiger partial charge < -0.3 is 10.1 Å². The third kappa shape index (κ3) is 1.65. The van der Waals surface area contributed by atoms with E-state index in [9.17, 15) is 4.39 Å². The third-order valence-corrected chi connectivity index (χ3v) is 2.62. The first-order valence-electron chi connectivity index (χ1n) is 4.80. The molecule has 1 saturated heterocycles. The SMILES string of the molecule is C[C@@]1(c2ccccc2F)COCCN1. The third-order valence-electron chi connectivity index (χ3n) is 2.62. The topological polar surface area (TPSA) is 21.3 Å². The first-order chi connectivity index (χ1) is 6.72. The average molecular weight is 195 g/mol. The van der Waals surface area contributed by atoms with E-state index in [4.69, 9.17) is 4.74 Å². The molecule has 1 aromatic carbocycles. The molecule has 1 aliphatic rings. The maximum absolute atomic E-state index is 13.5. The van der Waals surface area contributed by atoms with E-state index in [1.54, 1.807) is 12.1 Å². The number of nitrogens with one attached hydrogen (secondary N) is 1. The molecule has 1 N–H and O–H groups in total. The number of rotatable bonds is 1. The van der Waals surface area contributed by atoms with Crippen molar-refractivity contribution in [3.63, 3.8) is 0 Å². The molecule has 0 aromatic heterocycles. The first kappa shape index (κ1) is 9.62. The Morgan fingerprint density at radius 3 is 2.86 bits per heavy atom. The Morgan fingerprint density at radius 1 is 1.43 bits per heavy atom. The van der Waals surface area contributed by atoms with Gasteiger partial charge in [-0.1, -0.05) is 18.2 Å². The lowest BCUT2D eigenvalue weighted by Gasteiger charge is -2.35. The van der Waals surface area contributed by atoms with Crippen LogP contribution in [0.3, 0.4) is 0 Å². The summed E-state index contributed by atoms with van der Waals surface area (Å²) >= 11 is 0. The molecule has 1 fully saturated rings. The Kier molecular flexibility index (Phi) is 2.52. The summed E-state index contributed by atoms with van der Waals surface area (Å²) in [4.78, 5) is 0. The number of hydrogen-bond donors (Lipinski definition) is 1. The van der Waals surface area contributed by atoms with Crippen LogP contribution >= 0.6 is 0 Å². The van der Waals surface area contributed by atoms with E-state index in [1.165, 1.54) is 6.07 Å². The van der Waals surface area contributed by atoms with Crippen LogP contribution in [0.15, 0.2) is 24.3 Å². The van der Waals surface area contributed by atoms with E-state index in [-0.39, 0.29) is 11.4 Å². The van der Waals surface area contributed by atoms with Crippen molar-refractivity contribution in [2.45, 2.75) is 12.5 Å². The smallest absolute Gasteiger partial charge is 0.128 e. The molecule has 0 bridgehead atoms. The monoisotopic (exact) mass is 195 g/mol. The van der Waals surface area contributed by atoms with Gasteiger partial charge in [0.15, 0.2) is 0 Å². The summed E-state index contributed by atoms with van der Waals surface area (Å²) in [5.41, 5.74) is 0.295. The maximum atomic E-state index is 13.5. The Bertz CT molecular complexity index is 321. The Hall–Kier alpha value is -0.930. The van der Waals surface area contributed by atoms with Crippen molar-refractivity contribution in [1.82, 2.24) is 5.32 Å². The fourth-order valence-corrected chi connectivity index (χ4v) is 1.81. The second-order valence-electron chi connectivity index (χ2n) is 3.79. The molecular weight excluding hydrogens is 181 g/mol. The normalized spacial score (nSPS) is 27.6. The van der Waals surface area contributed by atoms with Crippen molar-refractivity contribution in [1.29, 1.82) is 0 Å². The molecule has 2 rings (SSSR count). The summed E-state index contributed by atoms with van der Waals surface area (Å²) < 4.78 is 18.9. The Morgan fingerprint density at radius 2 is 2.21 bits per heavy atom. The molecule has 76 valence electrons. The number of benzene rings is 1. The van der Waals surface area contributed by atoms with Gasteiger partial charge in [0.05, 0.1) is 18.8 Å². The Labute approximate surface area is 83.1 Å². The summed E-state index contributed by atoms with van der Waals surface area (Å²) in [7, 11) is 0. The van der Waals surface area contributed by atoms with Gasteiger partial charge in [0, 0.05) is 12.1 Å². The standard InChI is InChI=1S/C11H14FNO/c1-11(8-14-7-6-13-11)9-4-2-3-5-10(9)12/h2-5,13H,6-8H2,1H3/t11-/m0/s1. The van der Waals surface area contributed by atoms with Crippen LogP contribution in [0.5, 0.6) is 0 Å². The number of halogens is 1. The first-order valence-corrected chi connectivity index (χ1v) is 4.80. The summed E-state index contributed by atoms with van der Waals surface area (Å²) in [5.74, 6) is -0.173. The summed E-state index contributed by atoms with van der Waals surface area (Å²) in [5, 5.41) is 3.29. The predicted molar refractivity (Wildman–Crippen MR) is 52.6 cm³/mol. The highest BCUT2D eigenvalue weighted by Crippen LogP contribution is 2.25. The van der Waals surface area contributed by atoms with Crippen LogP contribution in [0.1, 0.15) is 12.5 Å². The van der Waals surface area contributed by atoms with E-state index in [1.807, 2.05) is 13.0 Å². The Balaban J connectivity index is 2.32. The molecule has 2 nitrogen and oxygen atoms in total.